The Labute approximate surface area is 113 Å². The lowest BCUT2D eigenvalue weighted by atomic mass is 10.2. The van der Waals surface area contributed by atoms with E-state index in [1.807, 2.05) is 6.07 Å². The van der Waals surface area contributed by atoms with E-state index in [2.05, 4.69) is 0 Å². The fourth-order valence-electron chi connectivity index (χ4n) is 1.46. The van der Waals surface area contributed by atoms with E-state index in [4.69, 9.17) is 39.2 Å². The first-order chi connectivity index (χ1) is 8.52. The maximum Gasteiger partial charge on any atom is 0.148 e. The summed E-state index contributed by atoms with van der Waals surface area (Å²) >= 11 is 10.8. The highest BCUT2D eigenvalue weighted by atomic mass is 35.5. The summed E-state index contributed by atoms with van der Waals surface area (Å²) in [6, 6.07) is 6.42. The molecule has 90 valence electrons. The first-order valence-electron chi connectivity index (χ1n) is 4.85. The molecule has 0 bridgehead atoms. The Kier molecular flexibility index (Phi) is 3.24. The third-order valence-corrected chi connectivity index (χ3v) is 2.91. The SMILES string of the molecule is N#C/C(=C\c1oc2cc(O)ccc2c1Cl)C(N)=S. The van der Waals surface area contributed by atoms with Crippen LogP contribution in [0.15, 0.2) is 28.2 Å². The van der Waals surface area contributed by atoms with Crippen LogP contribution in [0.2, 0.25) is 5.02 Å². The molecule has 3 N–H and O–H groups in total. The lowest BCUT2D eigenvalue weighted by molar-refractivity contribution is 0.474. The average Bonchev–Trinajstić information content (AvgIpc) is 2.62. The maximum atomic E-state index is 9.34. The van der Waals surface area contributed by atoms with Crippen LogP contribution in [0, 0.1) is 11.3 Å². The van der Waals surface area contributed by atoms with Crippen molar-refractivity contribution in [3.63, 3.8) is 0 Å². The number of thiocarbonyl (C=S) groups is 1. The van der Waals surface area contributed by atoms with Crippen molar-refractivity contribution in [2.75, 3.05) is 0 Å². The molecule has 0 saturated heterocycles. The highest BCUT2D eigenvalue weighted by molar-refractivity contribution is 7.80. The van der Waals surface area contributed by atoms with Crippen LogP contribution in [0.5, 0.6) is 5.75 Å². The van der Waals surface area contributed by atoms with E-state index >= 15 is 0 Å². The molecule has 0 fully saturated rings. The van der Waals surface area contributed by atoms with E-state index < -0.39 is 0 Å². The molecule has 0 amide bonds. The lowest BCUT2D eigenvalue weighted by Crippen LogP contribution is -2.09. The average molecular weight is 279 g/mol. The van der Waals surface area contributed by atoms with E-state index in [0.717, 1.165) is 0 Å². The van der Waals surface area contributed by atoms with E-state index in [9.17, 15) is 5.11 Å². The fourth-order valence-corrected chi connectivity index (χ4v) is 1.81. The summed E-state index contributed by atoms with van der Waals surface area (Å²) < 4.78 is 5.43. The Bertz CT molecular complexity index is 713. The first-order valence-corrected chi connectivity index (χ1v) is 5.64. The van der Waals surface area contributed by atoms with Crippen LogP contribution in [-0.2, 0) is 0 Å². The molecule has 6 heteroatoms. The molecule has 0 saturated carbocycles. The summed E-state index contributed by atoms with van der Waals surface area (Å²) in [5, 5.41) is 19.2. The number of nitrogens with zero attached hydrogens (tertiary/aromatic N) is 1. The lowest BCUT2D eigenvalue weighted by Gasteiger charge is -1.92. The molecule has 1 aromatic carbocycles. The van der Waals surface area contributed by atoms with E-state index in [1.54, 1.807) is 6.07 Å². The molecule has 18 heavy (non-hydrogen) atoms. The molecule has 2 rings (SSSR count). The normalized spacial score (nSPS) is 11.4. The molecule has 0 aliphatic rings. The van der Waals surface area contributed by atoms with Crippen molar-refractivity contribution in [2.45, 2.75) is 0 Å². The van der Waals surface area contributed by atoms with E-state index in [-0.39, 0.29) is 22.1 Å². The molecule has 0 radical (unpaired) electrons. The van der Waals surface area contributed by atoms with Crippen LogP contribution in [0.3, 0.4) is 0 Å². The smallest absolute Gasteiger partial charge is 0.148 e. The number of aromatic hydroxyl groups is 1. The number of benzene rings is 1. The van der Waals surface area contributed by atoms with Gasteiger partial charge in [-0.3, -0.25) is 0 Å². The molecular formula is C12H7ClN2O2S. The molecule has 0 atom stereocenters. The second-order valence-electron chi connectivity index (χ2n) is 3.49. The number of phenolic OH excluding ortho intramolecular Hbond substituents is 1. The van der Waals surface area contributed by atoms with Crippen molar-refractivity contribution < 1.29 is 9.52 Å². The number of furan rings is 1. The molecule has 4 nitrogen and oxygen atoms in total. The van der Waals surface area contributed by atoms with Gasteiger partial charge in [-0.1, -0.05) is 23.8 Å². The predicted octanol–water partition coefficient (Wildman–Crippen LogP) is 2.98. The molecule has 0 unspecified atom stereocenters. The standard InChI is InChI=1S/C12H7ClN2O2S/c13-11-8-2-1-7(16)4-9(8)17-10(11)3-6(5-14)12(15)18/h1-4,16H,(H2,15,18)/b6-3+. The number of rotatable bonds is 2. The minimum Gasteiger partial charge on any atom is -0.508 e. The molecule has 1 heterocycles. The number of halogens is 1. The molecule has 2 aromatic rings. The van der Waals surface area contributed by atoms with Crippen LogP contribution in [0.1, 0.15) is 5.76 Å². The van der Waals surface area contributed by atoms with Crippen LogP contribution in [-0.4, -0.2) is 10.1 Å². The Morgan fingerprint density at radius 1 is 1.56 bits per heavy atom. The summed E-state index contributed by atoms with van der Waals surface area (Å²) in [5.41, 5.74) is 5.91. The zero-order valence-corrected chi connectivity index (χ0v) is 10.5. The third-order valence-electron chi connectivity index (χ3n) is 2.30. The van der Waals surface area contributed by atoms with Crippen molar-refractivity contribution in [1.29, 1.82) is 5.26 Å². The summed E-state index contributed by atoms with van der Waals surface area (Å²) in [6.07, 6.45) is 1.38. The van der Waals surface area contributed by atoms with Crippen LogP contribution in [0.25, 0.3) is 17.0 Å². The number of nitrogens with two attached hydrogens (primary N) is 1. The zero-order chi connectivity index (χ0) is 13.3. The van der Waals surface area contributed by atoms with Gasteiger partial charge in [0, 0.05) is 17.5 Å². The van der Waals surface area contributed by atoms with E-state index in [0.29, 0.717) is 16.0 Å². The summed E-state index contributed by atoms with van der Waals surface area (Å²) in [7, 11) is 0. The van der Waals surface area contributed by atoms with Gasteiger partial charge in [-0.2, -0.15) is 5.26 Å². The van der Waals surface area contributed by atoms with Crippen LogP contribution >= 0.6 is 23.8 Å². The zero-order valence-electron chi connectivity index (χ0n) is 8.98. The number of nitriles is 1. The summed E-state index contributed by atoms with van der Waals surface area (Å²) in [5.74, 6) is 0.347. The molecule has 0 aliphatic heterocycles. The van der Waals surface area contributed by atoms with Gasteiger partial charge in [-0.25, -0.2) is 0 Å². The highest BCUT2D eigenvalue weighted by Crippen LogP contribution is 2.33. The Morgan fingerprint density at radius 2 is 2.28 bits per heavy atom. The molecule has 0 spiro atoms. The van der Waals surface area contributed by atoms with Gasteiger partial charge in [0.05, 0.1) is 10.6 Å². The fraction of sp³-hybridized carbons (Fsp3) is 0. The van der Waals surface area contributed by atoms with Crippen molar-refractivity contribution in [3.8, 4) is 11.8 Å². The number of fused-ring (bicyclic) bond motifs is 1. The number of hydrogen-bond acceptors (Lipinski definition) is 4. The largest absolute Gasteiger partial charge is 0.508 e. The second-order valence-corrected chi connectivity index (χ2v) is 4.31. The van der Waals surface area contributed by atoms with Gasteiger partial charge in [0.25, 0.3) is 0 Å². The Balaban J connectivity index is 2.63. The van der Waals surface area contributed by atoms with Crippen molar-refractivity contribution in [2.24, 2.45) is 5.73 Å². The molecular weight excluding hydrogens is 272 g/mol. The minimum absolute atomic E-state index is 0.0307. The third kappa shape index (κ3) is 2.16. The van der Waals surface area contributed by atoms with Gasteiger partial charge < -0.3 is 15.3 Å². The maximum absolute atomic E-state index is 9.34. The number of hydrogen-bond donors (Lipinski definition) is 2. The molecule has 1 aromatic heterocycles. The van der Waals surface area contributed by atoms with Crippen LogP contribution in [0.4, 0.5) is 0 Å². The summed E-state index contributed by atoms with van der Waals surface area (Å²) in [4.78, 5) is -0.0307. The second kappa shape index (κ2) is 4.69. The van der Waals surface area contributed by atoms with Crippen molar-refractivity contribution >= 4 is 45.9 Å². The topological polar surface area (TPSA) is 83.2 Å². The van der Waals surface area contributed by atoms with Gasteiger partial charge in [-0.15, -0.1) is 0 Å². The van der Waals surface area contributed by atoms with Crippen LogP contribution < -0.4 is 5.73 Å². The van der Waals surface area contributed by atoms with Crippen molar-refractivity contribution in [1.82, 2.24) is 0 Å². The van der Waals surface area contributed by atoms with E-state index in [1.165, 1.54) is 18.2 Å². The van der Waals surface area contributed by atoms with Crippen molar-refractivity contribution in [3.05, 3.63) is 34.6 Å². The van der Waals surface area contributed by atoms with Gasteiger partial charge in [0.1, 0.15) is 28.2 Å². The van der Waals surface area contributed by atoms with Gasteiger partial charge in [0.2, 0.25) is 0 Å². The quantitative estimate of drug-likeness (QED) is 0.501. The Morgan fingerprint density at radius 3 is 2.89 bits per heavy atom. The van der Waals surface area contributed by atoms with Gasteiger partial charge >= 0.3 is 0 Å². The van der Waals surface area contributed by atoms with Gasteiger partial charge in [0.15, 0.2) is 0 Å². The Hall–Kier alpha value is -2.03. The monoisotopic (exact) mass is 278 g/mol. The highest BCUT2D eigenvalue weighted by Gasteiger charge is 2.12. The summed E-state index contributed by atoms with van der Waals surface area (Å²) in [6.45, 7) is 0. The minimum atomic E-state index is -0.0307. The van der Waals surface area contributed by atoms with Gasteiger partial charge in [-0.05, 0) is 12.1 Å². The predicted molar refractivity (Wildman–Crippen MR) is 73.3 cm³/mol. The molecule has 0 aliphatic carbocycles. The number of phenols is 1. The first kappa shape index (κ1) is 12.4.